The van der Waals surface area contributed by atoms with Crippen LogP contribution < -0.4 is 10.9 Å². The van der Waals surface area contributed by atoms with Crippen LogP contribution in [-0.4, -0.2) is 45.1 Å². The van der Waals surface area contributed by atoms with E-state index in [9.17, 15) is 9.59 Å². The number of unbranched alkanes of at least 4 members (excludes halogenated alkanes) is 1. The molecule has 2 aromatic heterocycles. The van der Waals surface area contributed by atoms with Gasteiger partial charge in [0.25, 0.3) is 11.5 Å². The minimum atomic E-state index is -0.241. The Morgan fingerprint density at radius 2 is 2.11 bits per heavy atom. The van der Waals surface area contributed by atoms with Crippen molar-refractivity contribution in [3.63, 3.8) is 0 Å². The Morgan fingerprint density at radius 1 is 1.25 bits per heavy atom. The summed E-state index contributed by atoms with van der Waals surface area (Å²) in [6, 6.07) is 8.87. The van der Waals surface area contributed by atoms with Crippen LogP contribution in [0.2, 0.25) is 10.0 Å². The number of carbonyl (C=O) groups excluding carboxylic acids is 1. The Hall–Kier alpha value is -3.23. The lowest BCUT2D eigenvalue weighted by atomic mass is 9.99. The lowest BCUT2D eigenvalue weighted by Gasteiger charge is -2.16. The third kappa shape index (κ3) is 6.50. The number of pyridine rings is 1. The van der Waals surface area contributed by atoms with Crippen molar-refractivity contribution in [2.45, 2.75) is 38.6 Å². The van der Waals surface area contributed by atoms with Crippen LogP contribution in [-0.2, 0) is 13.0 Å². The van der Waals surface area contributed by atoms with Gasteiger partial charge in [0.15, 0.2) is 0 Å². The zero-order valence-electron chi connectivity index (χ0n) is 19.8. The quantitative estimate of drug-likeness (QED) is 0.255. The second-order valence-electron chi connectivity index (χ2n) is 8.92. The molecule has 3 aromatic rings. The van der Waals surface area contributed by atoms with Crippen molar-refractivity contribution in [3.05, 3.63) is 85.5 Å². The lowest BCUT2D eigenvalue weighted by molar-refractivity contribution is 0.0786. The first-order chi connectivity index (χ1) is 17.4. The number of likely N-dealkylation sites (tertiary alicyclic amines) is 1. The Labute approximate surface area is 219 Å². The molecule has 188 valence electrons. The predicted octanol–water partition coefficient (Wildman–Crippen LogP) is 4.96. The van der Waals surface area contributed by atoms with Gasteiger partial charge < -0.3 is 15.6 Å². The summed E-state index contributed by atoms with van der Waals surface area (Å²) in [4.78, 5) is 38.4. The molecule has 0 radical (unpaired) electrons. The number of anilines is 1. The average molecular weight is 527 g/mol. The van der Waals surface area contributed by atoms with Crippen molar-refractivity contribution in [3.8, 4) is 0 Å². The summed E-state index contributed by atoms with van der Waals surface area (Å²) in [6.07, 6.45) is 8.66. The Kier molecular flexibility index (Phi) is 8.72. The normalized spacial score (nSPS) is 15.2. The molecule has 1 aromatic carbocycles. The number of amides is 1. The molecule has 0 spiro atoms. The number of nitrogens with zero attached hydrogens (tertiary/aromatic N) is 3. The molecule has 1 atom stereocenters. The number of halogens is 2. The van der Waals surface area contributed by atoms with E-state index >= 15 is 0 Å². The molecule has 1 aliphatic heterocycles. The molecule has 1 aliphatic rings. The first kappa shape index (κ1) is 25.9. The van der Waals surface area contributed by atoms with Gasteiger partial charge in [0, 0.05) is 43.8 Å². The van der Waals surface area contributed by atoms with E-state index in [1.165, 1.54) is 0 Å². The molecule has 36 heavy (non-hydrogen) atoms. The van der Waals surface area contributed by atoms with E-state index in [2.05, 4.69) is 20.3 Å². The van der Waals surface area contributed by atoms with Gasteiger partial charge in [0.05, 0.1) is 21.3 Å². The average Bonchev–Trinajstić information content (AvgIpc) is 3.37. The number of nitrogens with one attached hydrogen (secondary N) is 3. The largest absolute Gasteiger partial charge is 0.352 e. The van der Waals surface area contributed by atoms with Crippen LogP contribution in [0.3, 0.4) is 0 Å². The molecule has 3 heterocycles. The fourth-order valence-corrected chi connectivity index (χ4v) is 4.78. The minimum absolute atomic E-state index is 0.0340. The first-order valence-electron chi connectivity index (χ1n) is 12.0. The van der Waals surface area contributed by atoms with E-state index in [-0.39, 0.29) is 11.5 Å². The summed E-state index contributed by atoms with van der Waals surface area (Å²) in [6.45, 7) is 1.91. The molecule has 0 bridgehead atoms. The SMILES string of the molecule is N=Cc1nc(NCc2ccc(Cl)c(Cl)c2)[nH]c(=O)c1CCCCC1CCN(C(=O)c2cccnc2)C1. The Bertz CT molecular complexity index is 1280. The zero-order chi connectivity index (χ0) is 25.5. The van der Waals surface area contributed by atoms with Crippen molar-refractivity contribution >= 4 is 41.3 Å². The van der Waals surface area contributed by atoms with Gasteiger partial charge in [-0.05, 0) is 61.4 Å². The first-order valence-corrected chi connectivity index (χ1v) is 12.7. The van der Waals surface area contributed by atoms with Gasteiger partial charge in [0.1, 0.15) is 0 Å². The molecule has 1 amide bonds. The van der Waals surface area contributed by atoms with Crippen LogP contribution in [0.25, 0.3) is 0 Å². The van der Waals surface area contributed by atoms with Crippen molar-refractivity contribution in [2.75, 3.05) is 18.4 Å². The second-order valence-corrected chi connectivity index (χ2v) is 9.73. The molecular formula is C26H28Cl2N6O2. The number of H-pyrrole nitrogens is 1. The van der Waals surface area contributed by atoms with Crippen molar-refractivity contribution < 1.29 is 4.79 Å². The summed E-state index contributed by atoms with van der Waals surface area (Å²) < 4.78 is 0. The third-order valence-electron chi connectivity index (χ3n) is 6.40. The highest BCUT2D eigenvalue weighted by Crippen LogP contribution is 2.24. The van der Waals surface area contributed by atoms with Crippen LogP contribution in [0.15, 0.2) is 47.5 Å². The van der Waals surface area contributed by atoms with E-state index in [0.29, 0.717) is 51.7 Å². The van der Waals surface area contributed by atoms with E-state index in [1.54, 1.807) is 36.7 Å². The van der Waals surface area contributed by atoms with Gasteiger partial charge in [-0.25, -0.2) is 4.98 Å². The van der Waals surface area contributed by atoms with Crippen molar-refractivity contribution in [1.82, 2.24) is 19.9 Å². The molecule has 1 unspecified atom stereocenters. The van der Waals surface area contributed by atoms with Gasteiger partial charge >= 0.3 is 0 Å². The molecule has 1 fully saturated rings. The standard InChI is InChI=1S/C26H28Cl2N6O2/c27-21-8-7-18(12-22(21)28)14-31-26-32-23(13-29)20(24(35)33-26)6-2-1-4-17-9-11-34(16-17)25(36)19-5-3-10-30-15-19/h3,5,7-8,10,12-13,15,17,29H,1-2,4,6,9,11,14,16H2,(H2,31,32,33,35). The highest BCUT2D eigenvalue weighted by molar-refractivity contribution is 6.42. The molecule has 4 rings (SSSR count). The van der Waals surface area contributed by atoms with Gasteiger partial charge in [-0.15, -0.1) is 0 Å². The number of hydrogen-bond donors (Lipinski definition) is 3. The van der Waals surface area contributed by atoms with Crippen molar-refractivity contribution in [2.24, 2.45) is 5.92 Å². The molecule has 3 N–H and O–H groups in total. The minimum Gasteiger partial charge on any atom is -0.352 e. The molecular weight excluding hydrogens is 499 g/mol. The van der Waals surface area contributed by atoms with E-state index in [1.807, 2.05) is 11.0 Å². The van der Waals surface area contributed by atoms with Crippen LogP contribution in [0.4, 0.5) is 5.95 Å². The molecule has 10 heteroatoms. The summed E-state index contributed by atoms with van der Waals surface area (Å²) in [5.41, 5.74) is 2.16. The molecule has 0 saturated carbocycles. The van der Waals surface area contributed by atoms with Crippen LogP contribution >= 0.6 is 23.2 Å². The van der Waals surface area contributed by atoms with Gasteiger partial charge in [-0.3, -0.25) is 19.6 Å². The Morgan fingerprint density at radius 3 is 2.86 bits per heavy atom. The van der Waals surface area contributed by atoms with Crippen LogP contribution in [0.5, 0.6) is 0 Å². The fourth-order valence-electron chi connectivity index (χ4n) is 4.45. The number of benzene rings is 1. The lowest BCUT2D eigenvalue weighted by Crippen LogP contribution is -2.28. The van der Waals surface area contributed by atoms with Crippen LogP contribution in [0, 0.1) is 11.3 Å². The third-order valence-corrected chi connectivity index (χ3v) is 7.14. The van der Waals surface area contributed by atoms with Gasteiger partial charge in [0.2, 0.25) is 5.95 Å². The topological polar surface area (TPSA) is 115 Å². The Balaban J connectivity index is 1.26. The number of aromatic nitrogens is 3. The van der Waals surface area contributed by atoms with Crippen LogP contribution in [0.1, 0.15) is 52.9 Å². The maximum atomic E-state index is 12.7. The van der Waals surface area contributed by atoms with Crippen molar-refractivity contribution in [1.29, 1.82) is 5.41 Å². The summed E-state index contributed by atoms with van der Waals surface area (Å²) in [5.74, 6) is 0.793. The smallest absolute Gasteiger partial charge is 0.256 e. The molecule has 0 aliphatic carbocycles. The highest BCUT2D eigenvalue weighted by Gasteiger charge is 2.26. The van der Waals surface area contributed by atoms with E-state index in [4.69, 9.17) is 28.6 Å². The molecule has 8 nitrogen and oxygen atoms in total. The number of hydrogen-bond acceptors (Lipinski definition) is 6. The highest BCUT2D eigenvalue weighted by atomic mass is 35.5. The number of aromatic amines is 1. The maximum Gasteiger partial charge on any atom is 0.256 e. The number of carbonyl (C=O) groups is 1. The summed E-state index contributed by atoms with van der Waals surface area (Å²) >= 11 is 12.0. The van der Waals surface area contributed by atoms with E-state index in [0.717, 1.165) is 50.6 Å². The fraction of sp³-hybridized carbons (Fsp3) is 0.346. The van der Waals surface area contributed by atoms with Gasteiger partial charge in [-0.1, -0.05) is 35.7 Å². The maximum absolute atomic E-state index is 12.7. The summed E-state index contributed by atoms with van der Waals surface area (Å²) in [5, 5.41) is 11.7. The van der Waals surface area contributed by atoms with Gasteiger partial charge in [-0.2, -0.15) is 0 Å². The molecule has 1 saturated heterocycles. The predicted molar refractivity (Wildman–Crippen MR) is 142 cm³/mol. The monoisotopic (exact) mass is 526 g/mol. The zero-order valence-corrected chi connectivity index (χ0v) is 21.3. The summed E-state index contributed by atoms with van der Waals surface area (Å²) in [7, 11) is 0. The second kappa shape index (κ2) is 12.1. The van der Waals surface area contributed by atoms with E-state index < -0.39 is 0 Å². The number of rotatable bonds is 10.